The van der Waals surface area contributed by atoms with Crippen LogP contribution in [0, 0.1) is 0 Å². The fraction of sp³-hybridized carbons (Fsp3) is 0.100. The normalized spacial score (nSPS) is 11.3. The molecule has 0 fully saturated rings. The Kier molecular flexibility index (Phi) is 5.51. The van der Waals surface area contributed by atoms with Crippen molar-refractivity contribution in [2.75, 3.05) is 17.3 Å². The van der Waals surface area contributed by atoms with Gasteiger partial charge in [-0.3, -0.25) is 0 Å². The summed E-state index contributed by atoms with van der Waals surface area (Å²) in [7, 11) is 0. The molecule has 0 amide bonds. The molecular formula is C20H17F3N2OS. The van der Waals surface area contributed by atoms with Crippen molar-refractivity contribution in [2.24, 2.45) is 0 Å². The van der Waals surface area contributed by atoms with Crippen LogP contribution in [0.4, 0.5) is 30.2 Å². The molecule has 3 aromatic rings. The third kappa shape index (κ3) is 4.68. The van der Waals surface area contributed by atoms with E-state index >= 15 is 0 Å². The molecule has 0 aromatic heterocycles. The predicted octanol–water partition coefficient (Wildman–Crippen LogP) is 6.55. The first-order valence-electron chi connectivity index (χ1n) is 8.01. The molecule has 0 aliphatic carbocycles. The van der Waals surface area contributed by atoms with E-state index in [1.165, 1.54) is 12.1 Å². The quantitative estimate of drug-likeness (QED) is 0.383. The van der Waals surface area contributed by atoms with Crippen molar-refractivity contribution in [1.29, 1.82) is 0 Å². The minimum Gasteiger partial charge on any atom is -0.457 e. The molecular weight excluding hydrogens is 373 g/mol. The van der Waals surface area contributed by atoms with Crippen molar-refractivity contribution in [3.63, 3.8) is 0 Å². The molecule has 27 heavy (non-hydrogen) atoms. The average molecular weight is 390 g/mol. The van der Waals surface area contributed by atoms with E-state index in [1.807, 2.05) is 30.5 Å². The van der Waals surface area contributed by atoms with Gasteiger partial charge in [0.25, 0.3) is 0 Å². The molecule has 0 saturated carbocycles. The van der Waals surface area contributed by atoms with Crippen LogP contribution in [-0.2, 0) is 6.18 Å². The van der Waals surface area contributed by atoms with E-state index in [0.29, 0.717) is 17.2 Å². The summed E-state index contributed by atoms with van der Waals surface area (Å²) in [5, 5.41) is 2.92. The van der Waals surface area contributed by atoms with Crippen LogP contribution in [0.2, 0.25) is 0 Å². The number of anilines is 3. The zero-order chi connectivity index (χ0) is 19.4. The largest absolute Gasteiger partial charge is 0.457 e. The summed E-state index contributed by atoms with van der Waals surface area (Å²) in [5.74, 6) is 1.24. The first kappa shape index (κ1) is 19.0. The number of halogens is 3. The van der Waals surface area contributed by atoms with Crippen LogP contribution < -0.4 is 15.8 Å². The number of nitrogens with two attached hydrogens (primary N) is 1. The molecule has 0 bridgehead atoms. The van der Waals surface area contributed by atoms with Crippen LogP contribution >= 0.6 is 11.8 Å². The summed E-state index contributed by atoms with van der Waals surface area (Å²) in [6, 6.07) is 18.3. The van der Waals surface area contributed by atoms with E-state index in [-0.39, 0.29) is 11.4 Å². The highest BCUT2D eigenvalue weighted by Crippen LogP contribution is 2.38. The third-order valence-corrected chi connectivity index (χ3v) is 4.53. The fourth-order valence-corrected chi connectivity index (χ4v) is 2.96. The summed E-state index contributed by atoms with van der Waals surface area (Å²) in [6.07, 6.45) is -2.53. The Morgan fingerprint density at radius 2 is 1.59 bits per heavy atom. The smallest absolute Gasteiger partial charge is 0.418 e. The van der Waals surface area contributed by atoms with Gasteiger partial charge in [0.05, 0.1) is 16.9 Å². The minimum atomic E-state index is -4.50. The van der Waals surface area contributed by atoms with Gasteiger partial charge in [0, 0.05) is 16.6 Å². The Labute approximate surface area is 159 Å². The average Bonchev–Trinajstić information content (AvgIpc) is 2.63. The van der Waals surface area contributed by atoms with E-state index in [9.17, 15) is 13.2 Å². The molecule has 0 heterocycles. The van der Waals surface area contributed by atoms with Gasteiger partial charge in [-0.2, -0.15) is 13.2 Å². The summed E-state index contributed by atoms with van der Waals surface area (Å²) < 4.78 is 44.9. The van der Waals surface area contributed by atoms with Gasteiger partial charge in [-0.05, 0) is 48.7 Å². The van der Waals surface area contributed by atoms with Gasteiger partial charge < -0.3 is 15.8 Å². The van der Waals surface area contributed by atoms with Crippen LogP contribution in [0.25, 0.3) is 0 Å². The van der Waals surface area contributed by atoms with E-state index in [1.54, 1.807) is 36.0 Å². The molecule has 3 rings (SSSR count). The maximum atomic E-state index is 13.0. The number of alkyl halides is 3. The van der Waals surface area contributed by atoms with Gasteiger partial charge in [0.2, 0.25) is 0 Å². The van der Waals surface area contributed by atoms with Gasteiger partial charge in [-0.1, -0.05) is 18.2 Å². The van der Waals surface area contributed by atoms with Crippen molar-refractivity contribution in [3.05, 3.63) is 72.3 Å². The molecule has 0 aliphatic rings. The zero-order valence-corrected chi connectivity index (χ0v) is 15.2. The molecule has 0 saturated heterocycles. The standard InChI is InChI=1S/C20H17F3N2OS/c1-27-16-8-3-7-15(12-16)26-14-6-2-5-13(11-14)25-18-10-4-9-17(19(18)24)20(21,22)23/h2-12,25H,24H2,1H3. The highest BCUT2D eigenvalue weighted by atomic mass is 32.2. The third-order valence-electron chi connectivity index (χ3n) is 3.80. The maximum absolute atomic E-state index is 13.0. The van der Waals surface area contributed by atoms with Gasteiger partial charge in [-0.25, -0.2) is 0 Å². The minimum absolute atomic E-state index is 0.186. The van der Waals surface area contributed by atoms with Crippen molar-refractivity contribution < 1.29 is 17.9 Å². The fourth-order valence-electron chi connectivity index (χ4n) is 2.52. The Morgan fingerprint density at radius 3 is 2.30 bits per heavy atom. The number of thioether (sulfide) groups is 1. The van der Waals surface area contributed by atoms with E-state index < -0.39 is 11.7 Å². The molecule has 0 unspecified atom stereocenters. The van der Waals surface area contributed by atoms with Crippen molar-refractivity contribution in [3.8, 4) is 11.5 Å². The monoisotopic (exact) mass is 390 g/mol. The van der Waals surface area contributed by atoms with Gasteiger partial charge >= 0.3 is 6.18 Å². The van der Waals surface area contributed by atoms with Crippen molar-refractivity contribution in [2.45, 2.75) is 11.1 Å². The first-order valence-corrected chi connectivity index (χ1v) is 9.24. The van der Waals surface area contributed by atoms with Gasteiger partial charge in [0.15, 0.2) is 0 Å². The topological polar surface area (TPSA) is 47.3 Å². The van der Waals surface area contributed by atoms with Crippen molar-refractivity contribution >= 4 is 28.8 Å². The van der Waals surface area contributed by atoms with Crippen LogP contribution in [0.15, 0.2) is 71.6 Å². The number of hydrogen-bond acceptors (Lipinski definition) is 4. The number of para-hydroxylation sites is 1. The lowest BCUT2D eigenvalue weighted by atomic mass is 10.1. The maximum Gasteiger partial charge on any atom is 0.418 e. The number of nitrogen functional groups attached to an aromatic ring is 1. The lowest BCUT2D eigenvalue weighted by molar-refractivity contribution is -0.136. The van der Waals surface area contributed by atoms with Gasteiger partial charge in [-0.15, -0.1) is 11.8 Å². The molecule has 0 spiro atoms. The second-order valence-electron chi connectivity index (χ2n) is 5.70. The van der Waals surface area contributed by atoms with Crippen LogP contribution in [0.1, 0.15) is 5.56 Å². The highest BCUT2D eigenvalue weighted by Gasteiger charge is 2.33. The lowest BCUT2D eigenvalue weighted by Crippen LogP contribution is -2.10. The Hall–Kier alpha value is -2.80. The van der Waals surface area contributed by atoms with Crippen LogP contribution in [-0.4, -0.2) is 6.26 Å². The highest BCUT2D eigenvalue weighted by molar-refractivity contribution is 7.98. The van der Waals surface area contributed by atoms with E-state index in [0.717, 1.165) is 11.0 Å². The number of benzene rings is 3. The summed E-state index contributed by atoms with van der Waals surface area (Å²) in [5.41, 5.74) is 5.24. The van der Waals surface area contributed by atoms with E-state index in [4.69, 9.17) is 10.5 Å². The van der Waals surface area contributed by atoms with Crippen LogP contribution in [0.3, 0.4) is 0 Å². The molecule has 7 heteroatoms. The van der Waals surface area contributed by atoms with Crippen molar-refractivity contribution in [1.82, 2.24) is 0 Å². The Morgan fingerprint density at radius 1 is 0.926 bits per heavy atom. The first-order chi connectivity index (χ1) is 12.9. The SMILES string of the molecule is CSc1cccc(Oc2cccc(Nc3cccc(C(F)(F)F)c3N)c2)c1. The molecule has 0 atom stereocenters. The molecule has 3 aromatic carbocycles. The molecule has 0 radical (unpaired) electrons. The van der Waals surface area contributed by atoms with E-state index in [2.05, 4.69) is 5.32 Å². The van der Waals surface area contributed by atoms with Crippen LogP contribution in [0.5, 0.6) is 11.5 Å². The Bertz CT molecular complexity index is 945. The summed E-state index contributed by atoms with van der Waals surface area (Å²) in [4.78, 5) is 1.07. The second kappa shape index (κ2) is 7.84. The summed E-state index contributed by atoms with van der Waals surface area (Å²) in [6.45, 7) is 0. The predicted molar refractivity (Wildman–Crippen MR) is 104 cm³/mol. The lowest BCUT2D eigenvalue weighted by Gasteiger charge is -2.15. The summed E-state index contributed by atoms with van der Waals surface area (Å²) >= 11 is 1.61. The number of nitrogens with one attached hydrogen (secondary N) is 1. The number of ether oxygens (including phenoxy) is 1. The molecule has 3 N–H and O–H groups in total. The number of hydrogen-bond donors (Lipinski definition) is 2. The number of rotatable bonds is 5. The Balaban J connectivity index is 1.82. The molecule has 0 aliphatic heterocycles. The second-order valence-corrected chi connectivity index (χ2v) is 6.58. The molecule has 3 nitrogen and oxygen atoms in total. The molecule has 140 valence electrons. The van der Waals surface area contributed by atoms with Gasteiger partial charge in [0.1, 0.15) is 11.5 Å². The zero-order valence-electron chi connectivity index (χ0n) is 14.4.